The van der Waals surface area contributed by atoms with E-state index >= 15 is 0 Å². The molecular formula is C34H31N7O3. The smallest absolute Gasteiger partial charge is 0.176 e. The lowest BCUT2D eigenvalue weighted by atomic mass is 9.78. The lowest BCUT2D eigenvalue weighted by Crippen LogP contribution is -2.66. The number of likely N-dealkylation sites (tertiary alicyclic amines) is 1. The number of anilines is 2. The van der Waals surface area contributed by atoms with Gasteiger partial charge in [-0.15, -0.1) is 0 Å². The lowest BCUT2D eigenvalue weighted by Gasteiger charge is -2.55. The number of aromatic nitrogens is 5. The van der Waals surface area contributed by atoms with Gasteiger partial charge in [0.15, 0.2) is 17.3 Å². The van der Waals surface area contributed by atoms with Crippen LogP contribution in [0.2, 0.25) is 0 Å². The fraction of sp³-hybridized carbons (Fsp3) is 0.265. The van der Waals surface area contributed by atoms with Crippen LogP contribution >= 0.6 is 0 Å². The number of nitrogens with one attached hydrogen (secondary N) is 2. The van der Waals surface area contributed by atoms with Crippen LogP contribution in [-0.2, 0) is 9.47 Å². The van der Waals surface area contributed by atoms with Gasteiger partial charge in [0, 0.05) is 54.1 Å². The molecule has 44 heavy (non-hydrogen) atoms. The molecular weight excluding hydrogens is 554 g/mol. The van der Waals surface area contributed by atoms with Gasteiger partial charge >= 0.3 is 0 Å². The monoisotopic (exact) mass is 585 g/mol. The van der Waals surface area contributed by atoms with Crippen molar-refractivity contribution in [3.63, 3.8) is 0 Å². The second-order valence-corrected chi connectivity index (χ2v) is 12.1. The van der Waals surface area contributed by atoms with Gasteiger partial charge in [0.1, 0.15) is 0 Å². The second-order valence-electron chi connectivity index (χ2n) is 12.1. The predicted octanol–water partition coefficient (Wildman–Crippen LogP) is 5.76. The van der Waals surface area contributed by atoms with Gasteiger partial charge in [0.2, 0.25) is 0 Å². The maximum Gasteiger partial charge on any atom is 0.176 e. The summed E-state index contributed by atoms with van der Waals surface area (Å²) in [5.41, 5.74) is 7.64. The van der Waals surface area contributed by atoms with Gasteiger partial charge < -0.3 is 19.1 Å². The Labute approximate surface area is 253 Å². The Morgan fingerprint density at radius 1 is 0.727 bits per heavy atom. The van der Waals surface area contributed by atoms with Gasteiger partial charge in [-0.3, -0.25) is 15.1 Å². The zero-order valence-corrected chi connectivity index (χ0v) is 24.1. The van der Waals surface area contributed by atoms with E-state index in [2.05, 4.69) is 84.8 Å². The van der Waals surface area contributed by atoms with Crippen molar-refractivity contribution >= 4 is 33.3 Å². The normalized spacial score (nSPS) is 16.9. The first kappa shape index (κ1) is 25.7. The van der Waals surface area contributed by atoms with Gasteiger partial charge in [-0.05, 0) is 59.2 Å². The highest BCUT2D eigenvalue weighted by Gasteiger charge is 2.48. The zero-order chi connectivity index (χ0) is 29.1. The first-order chi connectivity index (χ1) is 21.7. The third-order valence-electron chi connectivity index (χ3n) is 9.05. The summed E-state index contributed by atoms with van der Waals surface area (Å²) in [5, 5.41) is 16.5. The van der Waals surface area contributed by atoms with Crippen LogP contribution in [-0.4, -0.2) is 82.9 Å². The van der Waals surface area contributed by atoms with Crippen LogP contribution in [0, 0.1) is 5.41 Å². The van der Waals surface area contributed by atoms with Gasteiger partial charge in [-0.25, -0.2) is 4.98 Å². The fourth-order valence-corrected chi connectivity index (χ4v) is 6.66. The van der Waals surface area contributed by atoms with Crippen LogP contribution in [0.1, 0.15) is 0 Å². The van der Waals surface area contributed by atoms with E-state index in [0.717, 1.165) is 99.9 Å². The van der Waals surface area contributed by atoms with Crippen molar-refractivity contribution in [2.45, 2.75) is 0 Å². The van der Waals surface area contributed by atoms with Gasteiger partial charge in [0.25, 0.3) is 0 Å². The van der Waals surface area contributed by atoms with Crippen molar-refractivity contribution in [1.82, 2.24) is 30.3 Å². The van der Waals surface area contributed by atoms with Crippen molar-refractivity contribution in [3.05, 3.63) is 79.3 Å². The number of hydrogen-bond acceptors (Lipinski definition) is 8. The molecule has 0 saturated carbocycles. The van der Waals surface area contributed by atoms with E-state index in [1.807, 2.05) is 24.7 Å². The fourth-order valence-electron chi connectivity index (χ4n) is 6.66. The SMILES string of the molecule is c1cc2c(cc1-c1ccc3[nH]ncc3c1)Oc1cc(-c3ccc4[nH]ncc4c3)cnc1N2CCOCCN1CC2(COC2)C1. The second kappa shape index (κ2) is 10.2. The van der Waals surface area contributed by atoms with E-state index in [4.69, 9.17) is 19.2 Å². The van der Waals surface area contributed by atoms with E-state index in [1.165, 1.54) is 0 Å². The summed E-state index contributed by atoms with van der Waals surface area (Å²) in [5.74, 6) is 2.30. The van der Waals surface area contributed by atoms with Crippen LogP contribution in [0.5, 0.6) is 11.5 Å². The molecule has 0 aliphatic carbocycles. The molecule has 1 spiro atoms. The molecule has 6 heterocycles. The third-order valence-corrected chi connectivity index (χ3v) is 9.05. The molecule has 9 rings (SSSR count). The van der Waals surface area contributed by atoms with Gasteiger partial charge in [-0.1, -0.05) is 18.2 Å². The van der Waals surface area contributed by atoms with Crippen LogP contribution in [0.15, 0.2) is 79.3 Å². The van der Waals surface area contributed by atoms with E-state index in [9.17, 15) is 0 Å². The van der Waals surface area contributed by atoms with Crippen molar-refractivity contribution in [1.29, 1.82) is 0 Å². The molecule has 0 amide bonds. The van der Waals surface area contributed by atoms with E-state index < -0.39 is 0 Å². The Morgan fingerprint density at radius 3 is 2.11 bits per heavy atom. The summed E-state index contributed by atoms with van der Waals surface area (Å²) in [6, 6.07) is 21.0. The molecule has 0 atom stereocenters. The standard InChI is InChI=1S/C34H31N7O3/c1-4-28-26(16-36-38-28)11-22(1)24-3-6-30-31(13-24)44-32-14-25(23-2-5-29-27(12-23)17-37-39-29)15-35-33(32)41(30)8-10-42-9-7-40-18-34(19-40)20-43-21-34/h1-6,11-17H,7-10,18-21H2,(H,36,38)(H,37,39). The van der Waals surface area contributed by atoms with Gasteiger partial charge in [-0.2, -0.15) is 10.2 Å². The number of rotatable bonds is 8. The molecule has 10 heteroatoms. The maximum atomic E-state index is 6.59. The molecule has 2 saturated heterocycles. The lowest BCUT2D eigenvalue weighted by molar-refractivity contribution is -0.190. The number of benzene rings is 3. The van der Waals surface area contributed by atoms with Crippen LogP contribution in [0.4, 0.5) is 11.5 Å². The van der Waals surface area contributed by atoms with E-state index in [-0.39, 0.29) is 0 Å². The molecule has 2 fully saturated rings. The molecule has 3 aliphatic heterocycles. The topological polar surface area (TPSA) is 104 Å². The van der Waals surface area contributed by atoms with Crippen LogP contribution in [0.25, 0.3) is 44.1 Å². The van der Waals surface area contributed by atoms with Crippen LogP contribution in [0.3, 0.4) is 0 Å². The first-order valence-electron chi connectivity index (χ1n) is 15.0. The molecule has 2 N–H and O–H groups in total. The highest BCUT2D eigenvalue weighted by molar-refractivity contribution is 5.87. The van der Waals surface area contributed by atoms with Crippen molar-refractivity contribution in [2.24, 2.45) is 5.41 Å². The first-order valence-corrected chi connectivity index (χ1v) is 15.0. The van der Waals surface area contributed by atoms with E-state index in [0.29, 0.717) is 25.2 Å². The van der Waals surface area contributed by atoms with Crippen molar-refractivity contribution < 1.29 is 14.2 Å². The Bertz CT molecular complexity index is 1880. The molecule has 3 aromatic carbocycles. The molecule has 0 bridgehead atoms. The number of nitrogens with zero attached hydrogens (tertiary/aromatic N) is 5. The third kappa shape index (κ3) is 4.41. The van der Waals surface area contributed by atoms with Crippen LogP contribution < -0.4 is 9.64 Å². The molecule has 3 aliphatic rings. The minimum Gasteiger partial charge on any atom is -0.451 e. The quantitative estimate of drug-likeness (QED) is 0.217. The minimum absolute atomic E-state index is 0.430. The zero-order valence-electron chi connectivity index (χ0n) is 24.1. The molecule has 0 unspecified atom stereocenters. The average molecular weight is 586 g/mol. The molecule has 10 nitrogen and oxygen atoms in total. The summed E-state index contributed by atoms with van der Waals surface area (Å²) in [4.78, 5) is 9.59. The summed E-state index contributed by atoms with van der Waals surface area (Å²) < 4.78 is 18.1. The molecule has 6 aromatic rings. The van der Waals surface area contributed by atoms with Gasteiger partial charge in [0.05, 0.1) is 55.5 Å². The maximum absolute atomic E-state index is 6.59. The molecule has 3 aromatic heterocycles. The largest absolute Gasteiger partial charge is 0.451 e. The molecule has 220 valence electrons. The van der Waals surface area contributed by atoms with Crippen molar-refractivity contribution in [2.75, 3.05) is 57.5 Å². The highest BCUT2D eigenvalue weighted by atomic mass is 16.5. The Kier molecular flexibility index (Phi) is 5.93. The summed E-state index contributed by atoms with van der Waals surface area (Å²) in [7, 11) is 0. The number of ether oxygens (including phenoxy) is 3. The predicted molar refractivity (Wildman–Crippen MR) is 168 cm³/mol. The summed E-state index contributed by atoms with van der Waals surface area (Å²) >= 11 is 0. The highest BCUT2D eigenvalue weighted by Crippen LogP contribution is 2.48. The number of hydrogen-bond donors (Lipinski definition) is 2. The van der Waals surface area contributed by atoms with Crippen molar-refractivity contribution in [3.8, 4) is 33.8 Å². The summed E-state index contributed by atoms with van der Waals surface area (Å²) in [6.07, 6.45) is 5.60. The average Bonchev–Trinajstić information content (AvgIpc) is 3.68. The Hall–Kier alpha value is -4.77. The molecule has 0 radical (unpaired) electrons. The summed E-state index contributed by atoms with van der Waals surface area (Å²) in [6.45, 7) is 6.96. The Morgan fingerprint density at radius 2 is 1.39 bits per heavy atom. The number of H-pyrrole nitrogens is 2. The minimum atomic E-state index is 0.430. The Balaban J connectivity index is 0.991. The number of aromatic amines is 2. The van der Waals surface area contributed by atoms with E-state index in [1.54, 1.807) is 0 Å². The number of pyridine rings is 1. The number of fused-ring (bicyclic) bond motifs is 4.